The molecule has 0 aromatic carbocycles. The van der Waals surface area contributed by atoms with Gasteiger partial charge in [0.05, 0.1) is 0 Å². The summed E-state index contributed by atoms with van der Waals surface area (Å²) in [7, 11) is 0. The second kappa shape index (κ2) is 8.19. The molecule has 0 aliphatic heterocycles. The van der Waals surface area contributed by atoms with Gasteiger partial charge in [-0.15, -0.1) is 0 Å². The maximum Gasteiger partial charge on any atom is -0.0389 e. The van der Waals surface area contributed by atoms with Crippen LogP contribution in [0, 0.1) is 23.7 Å². The number of hydrogen-bond acceptors (Lipinski definition) is 0. The van der Waals surface area contributed by atoms with Crippen molar-refractivity contribution in [3.05, 3.63) is 0 Å². The van der Waals surface area contributed by atoms with Gasteiger partial charge in [0, 0.05) is 0 Å². The summed E-state index contributed by atoms with van der Waals surface area (Å²) in [5, 5.41) is 0. The number of rotatable bonds is 8. The van der Waals surface area contributed by atoms with Crippen LogP contribution < -0.4 is 0 Å². The number of hydrogen-bond donors (Lipinski definition) is 0. The van der Waals surface area contributed by atoms with Gasteiger partial charge in [0.15, 0.2) is 0 Å². The zero-order valence-corrected chi connectivity index (χ0v) is 11.8. The molecule has 0 bridgehead atoms. The molecule has 0 aromatic heterocycles. The van der Waals surface area contributed by atoms with Gasteiger partial charge in [-0.3, -0.25) is 0 Å². The SMILES string of the molecule is CCCCCCC(C)C(C)C(C)C(C)C. The first kappa shape index (κ1) is 15.0. The zero-order valence-electron chi connectivity index (χ0n) is 11.8. The summed E-state index contributed by atoms with van der Waals surface area (Å²) in [5.41, 5.74) is 0. The minimum absolute atomic E-state index is 0.832. The van der Waals surface area contributed by atoms with Crippen LogP contribution in [0.25, 0.3) is 0 Å². The van der Waals surface area contributed by atoms with Gasteiger partial charge in [-0.05, 0) is 23.7 Å². The van der Waals surface area contributed by atoms with Crippen molar-refractivity contribution in [2.45, 2.75) is 73.6 Å². The fourth-order valence-corrected chi connectivity index (χ4v) is 2.28. The van der Waals surface area contributed by atoms with E-state index in [1.807, 2.05) is 0 Å². The summed E-state index contributed by atoms with van der Waals surface area (Å²) in [4.78, 5) is 0. The number of unbranched alkanes of at least 4 members (excludes halogenated alkanes) is 3. The highest BCUT2D eigenvalue weighted by Gasteiger charge is 2.20. The van der Waals surface area contributed by atoms with Crippen LogP contribution in [0.5, 0.6) is 0 Å². The minimum atomic E-state index is 0.832. The lowest BCUT2D eigenvalue weighted by Crippen LogP contribution is -2.20. The first-order chi connectivity index (χ1) is 7.00. The van der Waals surface area contributed by atoms with Crippen LogP contribution in [0.15, 0.2) is 0 Å². The first-order valence-corrected chi connectivity index (χ1v) is 7.00. The molecule has 0 radical (unpaired) electrons. The lowest BCUT2D eigenvalue weighted by atomic mass is 9.77. The van der Waals surface area contributed by atoms with E-state index in [0.29, 0.717) is 0 Å². The van der Waals surface area contributed by atoms with E-state index in [9.17, 15) is 0 Å². The molecule has 0 aliphatic carbocycles. The van der Waals surface area contributed by atoms with Crippen LogP contribution in [0.3, 0.4) is 0 Å². The lowest BCUT2D eigenvalue weighted by molar-refractivity contribution is 0.211. The van der Waals surface area contributed by atoms with Crippen LogP contribution in [0.4, 0.5) is 0 Å². The van der Waals surface area contributed by atoms with Crippen LogP contribution in [0.1, 0.15) is 73.6 Å². The molecule has 0 fully saturated rings. The summed E-state index contributed by atoms with van der Waals surface area (Å²) in [5.74, 6) is 3.48. The average Bonchev–Trinajstić information content (AvgIpc) is 2.21. The molecule has 0 heteroatoms. The van der Waals surface area contributed by atoms with Crippen molar-refractivity contribution in [1.82, 2.24) is 0 Å². The van der Waals surface area contributed by atoms with E-state index in [4.69, 9.17) is 0 Å². The highest BCUT2D eigenvalue weighted by molar-refractivity contribution is 4.70. The van der Waals surface area contributed by atoms with E-state index < -0.39 is 0 Å². The largest absolute Gasteiger partial charge is 0.0654 e. The molecular weight excluding hydrogens is 180 g/mol. The second-order valence-corrected chi connectivity index (χ2v) is 5.79. The third-order valence-corrected chi connectivity index (χ3v) is 4.29. The second-order valence-electron chi connectivity index (χ2n) is 5.79. The predicted molar refractivity (Wildman–Crippen MR) is 71.1 cm³/mol. The molecule has 0 nitrogen and oxygen atoms in total. The van der Waals surface area contributed by atoms with Gasteiger partial charge in [-0.25, -0.2) is 0 Å². The maximum absolute atomic E-state index is 2.44. The molecule has 0 aliphatic rings. The van der Waals surface area contributed by atoms with Crippen LogP contribution in [-0.2, 0) is 0 Å². The van der Waals surface area contributed by atoms with E-state index in [1.165, 1.54) is 32.1 Å². The van der Waals surface area contributed by atoms with Crippen LogP contribution in [-0.4, -0.2) is 0 Å². The smallest absolute Gasteiger partial charge is 0.0389 e. The van der Waals surface area contributed by atoms with Crippen molar-refractivity contribution < 1.29 is 0 Å². The molecule has 0 spiro atoms. The van der Waals surface area contributed by atoms with Gasteiger partial charge in [0.2, 0.25) is 0 Å². The Morgan fingerprint density at radius 2 is 1.33 bits per heavy atom. The van der Waals surface area contributed by atoms with E-state index in [2.05, 4.69) is 41.5 Å². The Hall–Kier alpha value is 0. The molecule has 0 saturated heterocycles. The predicted octanol–water partition coefficient (Wildman–Crippen LogP) is 5.52. The van der Waals surface area contributed by atoms with Crippen LogP contribution in [0.2, 0.25) is 0 Å². The summed E-state index contributed by atoms with van der Waals surface area (Å²) in [6.07, 6.45) is 7.07. The zero-order chi connectivity index (χ0) is 11.8. The Bertz CT molecular complexity index is 137. The van der Waals surface area contributed by atoms with E-state index in [-0.39, 0.29) is 0 Å². The molecule has 15 heavy (non-hydrogen) atoms. The maximum atomic E-state index is 2.44. The molecule has 0 N–H and O–H groups in total. The normalized spacial score (nSPS) is 17.8. The highest BCUT2D eigenvalue weighted by atomic mass is 14.3. The average molecular weight is 212 g/mol. The molecule has 3 atom stereocenters. The summed E-state index contributed by atoms with van der Waals surface area (Å²) in [6, 6.07) is 0. The summed E-state index contributed by atoms with van der Waals surface area (Å²) in [6.45, 7) is 14.3. The fraction of sp³-hybridized carbons (Fsp3) is 1.00. The van der Waals surface area contributed by atoms with Gasteiger partial charge in [-0.2, -0.15) is 0 Å². The Kier molecular flexibility index (Phi) is 8.19. The molecular formula is C15H32. The van der Waals surface area contributed by atoms with Crippen molar-refractivity contribution in [2.75, 3.05) is 0 Å². The summed E-state index contributed by atoms with van der Waals surface area (Å²) >= 11 is 0. The molecule has 0 rings (SSSR count). The van der Waals surface area contributed by atoms with Gasteiger partial charge < -0.3 is 0 Å². The standard InChI is InChI=1S/C15H32/c1-7-8-9-10-11-13(4)15(6)14(5)12(2)3/h12-15H,7-11H2,1-6H3. The Morgan fingerprint density at radius 3 is 1.80 bits per heavy atom. The lowest BCUT2D eigenvalue weighted by Gasteiger charge is -2.29. The summed E-state index contributed by atoms with van der Waals surface area (Å²) < 4.78 is 0. The van der Waals surface area contributed by atoms with Gasteiger partial charge >= 0.3 is 0 Å². The third-order valence-electron chi connectivity index (χ3n) is 4.29. The minimum Gasteiger partial charge on any atom is -0.0654 e. The Morgan fingerprint density at radius 1 is 0.733 bits per heavy atom. The Labute approximate surface area is 97.8 Å². The van der Waals surface area contributed by atoms with Gasteiger partial charge in [-0.1, -0.05) is 73.6 Å². The van der Waals surface area contributed by atoms with Crippen molar-refractivity contribution >= 4 is 0 Å². The van der Waals surface area contributed by atoms with Gasteiger partial charge in [0.1, 0.15) is 0 Å². The van der Waals surface area contributed by atoms with E-state index >= 15 is 0 Å². The van der Waals surface area contributed by atoms with Crippen LogP contribution >= 0.6 is 0 Å². The monoisotopic (exact) mass is 212 g/mol. The Balaban J connectivity index is 3.73. The molecule has 92 valence electrons. The molecule has 3 unspecified atom stereocenters. The quantitative estimate of drug-likeness (QED) is 0.465. The van der Waals surface area contributed by atoms with Crippen molar-refractivity contribution in [2.24, 2.45) is 23.7 Å². The molecule has 0 heterocycles. The molecule has 0 amide bonds. The van der Waals surface area contributed by atoms with Crippen molar-refractivity contribution in [3.8, 4) is 0 Å². The molecule has 0 aromatic rings. The third kappa shape index (κ3) is 6.22. The molecule has 0 saturated carbocycles. The van der Waals surface area contributed by atoms with Crippen molar-refractivity contribution in [3.63, 3.8) is 0 Å². The van der Waals surface area contributed by atoms with Gasteiger partial charge in [0.25, 0.3) is 0 Å². The van der Waals surface area contributed by atoms with E-state index in [1.54, 1.807) is 0 Å². The topological polar surface area (TPSA) is 0 Å². The van der Waals surface area contributed by atoms with Crippen molar-refractivity contribution in [1.29, 1.82) is 0 Å². The highest BCUT2D eigenvalue weighted by Crippen LogP contribution is 2.29. The van der Waals surface area contributed by atoms with E-state index in [0.717, 1.165) is 23.7 Å². The first-order valence-electron chi connectivity index (χ1n) is 7.00. The fourth-order valence-electron chi connectivity index (χ4n) is 2.28.